The molecule has 2 heterocycles. The minimum atomic E-state index is -0.191. The molecule has 2 aromatic carbocycles. The van der Waals surface area contributed by atoms with Crippen molar-refractivity contribution in [3.05, 3.63) is 77.7 Å². The second-order valence-electron chi connectivity index (χ2n) is 7.04. The summed E-state index contributed by atoms with van der Waals surface area (Å²) >= 11 is 0. The van der Waals surface area contributed by atoms with Crippen molar-refractivity contribution in [1.29, 1.82) is 0 Å². The van der Waals surface area contributed by atoms with Crippen molar-refractivity contribution < 1.29 is 9.53 Å². The van der Waals surface area contributed by atoms with Crippen molar-refractivity contribution in [2.24, 2.45) is 0 Å². The number of aromatic nitrogens is 2. The van der Waals surface area contributed by atoms with Gasteiger partial charge in [-0.3, -0.25) is 0 Å². The van der Waals surface area contributed by atoms with Gasteiger partial charge in [0.15, 0.2) is 0 Å². The van der Waals surface area contributed by atoms with Crippen LogP contribution in [-0.4, -0.2) is 28.2 Å². The predicted octanol–water partition coefficient (Wildman–Crippen LogP) is 3.26. The molecule has 0 unspecified atom stereocenters. The maximum Gasteiger partial charge on any atom is 0.315 e. The Morgan fingerprint density at radius 3 is 2.71 bits per heavy atom. The van der Waals surface area contributed by atoms with Crippen molar-refractivity contribution in [3.63, 3.8) is 0 Å². The van der Waals surface area contributed by atoms with E-state index in [-0.39, 0.29) is 12.1 Å². The fourth-order valence-electron chi connectivity index (χ4n) is 3.23. The first-order chi connectivity index (χ1) is 13.7. The number of ether oxygens (including phenoxy) is 1. The number of benzene rings is 2. The molecule has 28 heavy (non-hydrogen) atoms. The maximum absolute atomic E-state index is 12.0. The van der Waals surface area contributed by atoms with Crippen LogP contribution >= 0.6 is 0 Å². The molecule has 4 rings (SSSR count). The molecule has 144 valence electrons. The number of hydrogen-bond acceptors (Lipinski definition) is 3. The number of nitrogens with zero attached hydrogens (tertiary/aromatic N) is 2. The van der Waals surface area contributed by atoms with Crippen LogP contribution in [0.3, 0.4) is 0 Å². The van der Waals surface area contributed by atoms with Gasteiger partial charge in [-0.25, -0.2) is 9.78 Å². The van der Waals surface area contributed by atoms with Crippen LogP contribution in [0.4, 0.5) is 4.79 Å². The lowest BCUT2D eigenvalue weighted by Gasteiger charge is -2.24. The van der Waals surface area contributed by atoms with Gasteiger partial charge < -0.3 is 19.9 Å². The molecular weight excluding hydrogens is 352 g/mol. The molecule has 1 aromatic heterocycles. The lowest BCUT2D eigenvalue weighted by atomic mass is 10.1. The number of urea groups is 1. The molecule has 1 atom stereocenters. The van der Waals surface area contributed by atoms with Crippen molar-refractivity contribution in [3.8, 4) is 11.3 Å². The molecule has 0 spiro atoms. The van der Waals surface area contributed by atoms with Gasteiger partial charge >= 0.3 is 6.03 Å². The summed E-state index contributed by atoms with van der Waals surface area (Å²) in [5.74, 6) is 0.917. The average molecular weight is 376 g/mol. The summed E-state index contributed by atoms with van der Waals surface area (Å²) in [4.78, 5) is 16.7. The number of imidazole rings is 1. The second kappa shape index (κ2) is 8.27. The van der Waals surface area contributed by atoms with Crippen LogP contribution in [-0.2, 0) is 24.4 Å². The van der Waals surface area contributed by atoms with E-state index in [1.165, 1.54) is 5.56 Å². The van der Waals surface area contributed by atoms with Gasteiger partial charge in [0.25, 0.3) is 0 Å². The van der Waals surface area contributed by atoms with Crippen molar-refractivity contribution in [2.45, 2.75) is 32.7 Å². The van der Waals surface area contributed by atoms with Crippen LogP contribution in [0, 0.1) is 6.92 Å². The summed E-state index contributed by atoms with van der Waals surface area (Å²) in [5, 5.41) is 5.75. The molecular formula is C22H24N4O2. The maximum atomic E-state index is 12.0. The lowest BCUT2D eigenvalue weighted by Crippen LogP contribution is -2.42. The van der Waals surface area contributed by atoms with E-state index in [1.54, 1.807) is 0 Å². The van der Waals surface area contributed by atoms with Crippen LogP contribution in [0.25, 0.3) is 11.3 Å². The minimum Gasteiger partial charge on any atom is -0.367 e. The van der Waals surface area contributed by atoms with Crippen molar-refractivity contribution >= 4 is 6.03 Å². The van der Waals surface area contributed by atoms with E-state index >= 15 is 0 Å². The monoisotopic (exact) mass is 376 g/mol. The van der Waals surface area contributed by atoms with Crippen LogP contribution in [0.5, 0.6) is 0 Å². The molecule has 1 aliphatic heterocycles. The molecule has 2 N–H and O–H groups in total. The van der Waals surface area contributed by atoms with E-state index < -0.39 is 0 Å². The molecule has 1 aliphatic rings. The molecule has 6 nitrogen and oxygen atoms in total. The van der Waals surface area contributed by atoms with Crippen molar-refractivity contribution in [2.75, 3.05) is 6.54 Å². The third-order valence-electron chi connectivity index (χ3n) is 4.84. The van der Waals surface area contributed by atoms with Gasteiger partial charge in [-0.05, 0) is 12.5 Å². The third kappa shape index (κ3) is 4.40. The number of hydrogen-bond donors (Lipinski definition) is 2. The largest absolute Gasteiger partial charge is 0.367 e. The van der Waals surface area contributed by atoms with E-state index in [1.807, 2.05) is 30.3 Å². The molecule has 0 saturated heterocycles. The van der Waals surface area contributed by atoms with Gasteiger partial charge in [-0.2, -0.15) is 0 Å². The smallest absolute Gasteiger partial charge is 0.315 e. The Kier molecular flexibility index (Phi) is 5.39. The highest BCUT2D eigenvalue weighted by Crippen LogP contribution is 2.22. The first kappa shape index (κ1) is 18.3. The van der Waals surface area contributed by atoms with Crippen LogP contribution in [0.2, 0.25) is 0 Å². The average Bonchev–Trinajstić information content (AvgIpc) is 3.15. The molecule has 6 heteroatoms. The van der Waals surface area contributed by atoms with Gasteiger partial charge in [0, 0.05) is 24.8 Å². The number of aryl methyl sites for hydroxylation is 1. The van der Waals surface area contributed by atoms with Crippen molar-refractivity contribution in [1.82, 2.24) is 20.2 Å². The second-order valence-corrected chi connectivity index (χ2v) is 7.04. The Morgan fingerprint density at radius 1 is 1.14 bits per heavy atom. The Morgan fingerprint density at radius 2 is 1.93 bits per heavy atom. The molecule has 0 radical (unpaired) electrons. The number of fused-ring (bicyclic) bond motifs is 1. The summed E-state index contributed by atoms with van der Waals surface area (Å²) in [5.41, 5.74) is 4.35. The highest BCUT2D eigenvalue weighted by Gasteiger charge is 2.21. The Hall–Kier alpha value is -3.12. The van der Waals surface area contributed by atoms with Crippen LogP contribution < -0.4 is 10.6 Å². The van der Waals surface area contributed by atoms with E-state index in [9.17, 15) is 4.79 Å². The number of nitrogens with one attached hydrogen (secondary N) is 2. The van der Waals surface area contributed by atoms with Gasteiger partial charge in [0.2, 0.25) is 0 Å². The Balaban J connectivity index is 1.29. The van der Waals surface area contributed by atoms with Crippen LogP contribution in [0.1, 0.15) is 17.0 Å². The summed E-state index contributed by atoms with van der Waals surface area (Å²) in [6.07, 6.45) is 1.99. The Bertz CT molecular complexity index is 935. The summed E-state index contributed by atoms with van der Waals surface area (Å²) in [6, 6.07) is 18.0. The standard InChI is InChI=1S/C22H24N4O2/c1-16-7-9-18(10-8-16)20-14-26-13-19(28-15-21(26)25-20)12-24-22(27)23-11-17-5-3-2-4-6-17/h2-10,14,19H,11-13,15H2,1H3,(H2,23,24,27)/t19-/m0/s1. The molecule has 0 bridgehead atoms. The summed E-state index contributed by atoms with van der Waals surface area (Å²) in [7, 11) is 0. The highest BCUT2D eigenvalue weighted by atomic mass is 16.5. The summed E-state index contributed by atoms with van der Waals surface area (Å²) < 4.78 is 7.98. The number of carbonyl (C=O) groups is 1. The predicted molar refractivity (Wildman–Crippen MR) is 108 cm³/mol. The topological polar surface area (TPSA) is 68.2 Å². The molecule has 2 amide bonds. The van der Waals surface area contributed by atoms with E-state index in [0.717, 1.165) is 22.6 Å². The number of carbonyl (C=O) groups excluding carboxylic acids is 1. The van der Waals surface area contributed by atoms with E-state index in [0.29, 0.717) is 26.2 Å². The van der Waals surface area contributed by atoms with E-state index in [4.69, 9.17) is 4.74 Å². The Labute approximate surface area is 164 Å². The van der Waals surface area contributed by atoms with Gasteiger partial charge in [-0.1, -0.05) is 60.2 Å². The lowest BCUT2D eigenvalue weighted by molar-refractivity contribution is 0.00444. The fourth-order valence-corrected chi connectivity index (χ4v) is 3.23. The third-order valence-corrected chi connectivity index (χ3v) is 4.84. The number of rotatable bonds is 5. The highest BCUT2D eigenvalue weighted by molar-refractivity contribution is 5.73. The minimum absolute atomic E-state index is 0.0740. The SMILES string of the molecule is Cc1ccc(-c2cn3c(n2)CO[C@@H](CNC(=O)NCc2ccccc2)C3)cc1. The normalized spacial score (nSPS) is 15.7. The zero-order valence-corrected chi connectivity index (χ0v) is 15.9. The molecule has 3 aromatic rings. The van der Waals surface area contributed by atoms with Gasteiger partial charge in [0.1, 0.15) is 12.4 Å². The van der Waals surface area contributed by atoms with Gasteiger partial charge in [0.05, 0.1) is 18.3 Å². The van der Waals surface area contributed by atoms with Gasteiger partial charge in [-0.15, -0.1) is 0 Å². The van der Waals surface area contributed by atoms with E-state index in [2.05, 4.69) is 57.6 Å². The zero-order chi connectivity index (χ0) is 19.3. The zero-order valence-electron chi connectivity index (χ0n) is 15.9. The molecule has 0 aliphatic carbocycles. The summed E-state index contributed by atoms with van der Waals surface area (Å²) in [6.45, 7) is 4.16. The molecule has 0 fully saturated rings. The quantitative estimate of drug-likeness (QED) is 0.718. The van der Waals surface area contributed by atoms with Crippen LogP contribution in [0.15, 0.2) is 60.8 Å². The number of amides is 2. The fraction of sp³-hybridized carbons (Fsp3) is 0.273. The first-order valence-corrected chi connectivity index (χ1v) is 9.48. The first-order valence-electron chi connectivity index (χ1n) is 9.48. The molecule has 0 saturated carbocycles.